The zero-order chi connectivity index (χ0) is 33.2. The minimum atomic E-state index is 1.17. The van der Waals surface area contributed by atoms with Crippen molar-refractivity contribution in [2.75, 3.05) is 0 Å². The first-order chi connectivity index (χ1) is 25.3. The first-order valence-corrected chi connectivity index (χ1v) is 17.6. The summed E-state index contributed by atoms with van der Waals surface area (Å²) in [6, 6.07) is 64.6. The highest BCUT2D eigenvalue weighted by atomic mass is 15.0. The minimum Gasteiger partial charge on any atom is -0.309 e. The van der Waals surface area contributed by atoms with Crippen LogP contribution in [0.5, 0.6) is 0 Å². The summed E-state index contributed by atoms with van der Waals surface area (Å²) in [4.78, 5) is 0. The molecule has 0 unspecified atom stereocenters. The number of para-hydroxylation sites is 5. The van der Waals surface area contributed by atoms with Crippen molar-refractivity contribution in [2.45, 2.75) is 0 Å². The van der Waals surface area contributed by atoms with Gasteiger partial charge in [-0.15, -0.1) is 0 Å². The fourth-order valence-corrected chi connectivity index (χ4v) is 9.05. The number of nitrogens with zero attached hydrogens (tertiary/aromatic N) is 3. The third-order valence-corrected chi connectivity index (χ3v) is 11.2. The normalized spacial score (nSPS) is 12.3. The Morgan fingerprint density at radius 3 is 1.57 bits per heavy atom. The van der Waals surface area contributed by atoms with Crippen LogP contribution in [0.25, 0.3) is 104 Å². The predicted octanol–water partition coefficient (Wildman–Crippen LogP) is 12.7. The van der Waals surface area contributed by atoms with Gasteiger partial charge < -0.3 is 13.5 Å². The van der Waals surface area contributed by atoms with Crippen molar-refractivity contribution >= 4 is 81.7 Å². The van der Waals surface area contributed by atoms with E-state index in [9.17, 15) is 0 Å². The molecule has 51 heavy (non-hydrogen) atoms. The van der Waals surface area contributed by atoms with Gasteiger partial charge >= 0.3 is 0 Å². The summed E-state index contributed by atoms with van der Waals surface area (Å²) in [5.41, 5.74) is 13.5. The fraction of sp³-hybridized carbons (Fsp3) is 0. The molecule has 0 aliphatic carbocycles. The molecule has 0 saturated heterocycles. The Labute approximate surface area is 292 Å². The van der Waals surface area contributed by atoms with Gasteiger partial charge in [-0.3, -0.25) is 0 Å². The monoisotopic (exact) mass is 647 g/mol. The van der Waals surface area contributed by atoms with E-state index in [0.717, 1.165) is 0 Å². The molecule has 8 aromatic carbocycles. The SMILES string of the molecule is c1ccc(-n2c3ccccc3c3cc(-c4ccc5c6ccccc6n(-c6ccc7c8ccccc8n8c9ccccc9c6c78)c5c4)ccc32)cc1. The van der Waals surface area contributed by atoms with Gasteiger partial charge in [0, 0.05) is 48.8 Å². The van der Waals surface area contributed by atoms with E-state index in [4.69, 9.17) is 0 Å². The zero-order valence-electron chi connectivity index (χ0n) is 27.6. The number of fused-ring (bicyclic) bond motifs is 12. The third-order valence-electron chi connectivity index (χ3n) is 11.2. The maximum Gasteiger partial charge on any atom is 0.0641 e. The summed E-state index contributed by atoms with van der Waals surface area (Å²) in [6.45, 7) is 0. The number of aromatic nitrogens is 3. The molecule has 0 aliphatic heterocycles. The van der Waals surface area contributed by atoms with Crippen molar-refractivity contribution in [3.05, 3.63) is 176 Å². The van der Waals surface area contributed by atoms with E-state index in [-0.39, 0.29) is 0 Å². The van der Waals surface area contributed by atoms with Crippen LogP contribution in [0, 0.1) is 0 Å². The molecule has 3 nitrogen and oxygen atoms in total. The largest absolute Gasteiger partial charge is 0.309 e. The van der Waals surface area contributed by atoms with Crippen LogP contribution in [0.1, 0.15) is 0 Å². The molecule has 0 spiro atoms. The van der Waals surface area contributed by atoms with Gasteiger partial charge in [0.2, 0.25) is 0 Å². The van der Waals surface area contributed by atoms with Gasteiger partial charge in [-0.25, -0.2) is 0 Å². The van der Waals surface area contributed by atoms with Gasteiger partial charge in [0.05, 0.1) is 44.3 Å². The molecule has 0 amide bonds. The van der Waals surface area contributed by atoms with Crippen LogP contribution in [0.3, 0.4) is 0 Å². The molecule has 236 valence electrons. The van der Waals surface area contributed by atoms with Crippen LogP contribution in [-0.2, 0) is 0 Å². The standard InChI is InChI=1S/C48H29N3/c1-2-12-32(13-3-1)49-40-18-8-6-16-35(40)39-28-30(23-26-44(39)49)31-22-24-36-33-14-4-9-19-41(33)50(46(36)29-31)45-27-25-37-34-15-5-10-20-42(34)51-43-21-11-7-17-38(43)47(45)48(37)51/h1-29H. The second kappa shape index (κ2) is 9.87. The first kappa shape index (κ1) is 27.0. The number of hydrogen-bond donors (Lipinski definition) is 0. The first-order valence-electron chi connectivity index (χ1n) is 17.6. The molecule has 0 N–H and O–H groups in total. The lowest BCUT2D eigenvalue weighted by Gasteiger charge is -2.12. The van der Waals surface area contributed by atoms with E-state index >= 15 is 0 Å². The highest BCUT2D eigenvalue weighted by molar-refractivity contribution is 6.26. The van der Waals surface area contributed by atoms with E-state index in [2.05, 4.69) is 189 Å². The van der Waals surface area contributed by atoms with E-state index < -0.39 is 0 Å². The lowest BCUT2D eigenvalue weighted by Crippen LogP contribution is -1.95. The van der Waals surface area contributed by atoms with Crippen LogP contribution in [0.15, 0.2) is 176 Å². The molecule has 12 rings (SSSR count). The highest BCUT2D eigenvalue weighted by Crippen LogP contribution is 2.44. The maximum absolute atomic E-state index is 2.51. The van der Waals surface area contributed by atoms with Crippen molar-refractivity contribution < 1.29 is 0 Å². The van der Waals surface area contributed by atoms with Crippen molar-refractivity contribution in [3.63, 3.8) is 0 Å². The molecule has 0 fully saturated rings. The Morgan fingerprint density at radius 1 is 0.294 bits per heavy atom. The summed E-state index contributed by atoms with van der Waals surface area (Å²) in [5, 5.41) is 10.2. The summed E-state index contributed by atoms with van der Waals surface area (Å²) in [5.74, 6) is 0. The summed E-state index contributed by atoms with van der Waals surface area (Å²) >= 11 is 0. The average molecular weight is 648 g/mol. The molecular weight excluding hydrogens is 619 g/mol. The lowest BCUT2D eigenvalue weighted by atomic mass is 10.0. The molecule has 4 aromatic heterocycles. The number of rotatable bonds is 3. The molecule has 4 heterocycles. The Hall–Kier alpha value is -6.84. The predicted molar refractivity (Wildman–Crippen MR) is 215 cm³/mol. The van der Waals surface area contributed by atoms with E-state index in [1.807, 2.05) is 0 Å². The second-order valence-electron chi connectivity index (χ2n) is 13.7. The molecular formula is C48H29N3. The van der Waals surface area contributed by atoms with Crippen LogP contribution >= 0.6 is 0 Å². The lowest BCUT2D eigenvalue weighted by molar-refractivity contribution is 1.18. The van der Waals surface area contributed by atoms with Crippen LogP contribution in [0.2, 0.25) is 0 Å². The van der Waals surface area contributed by atoms with E-state index in [1.165, 1.54) is 104 Å². The van der Waals surface area contributed by atoms with Crippen LogP contribution in [-0.4, -0.2) is 13.5 Å². The van der Waals surface area contributed by atoms with Crippen molar-refractivity contribution in [3.8, 4) is 22.5 Å². The van der Waals surface area contributed by atoms with Gasteiger partial charge in [0.1, 0.15) is 0 Å². The highest BCUT2D eigenvalue weighted by Gasteiger charge is 2.23. The zero-order valence-corrected chi connectivity index (χ0v) is 27.6. The molecule has 0 atom stereocenters. The topological polar surface area (TPSA) is 14.3 Å². The maximum atomic E-state index is 2.51. The molecule has 3 heteroatoms. The van der Waals surface area contributed by atoms with Gasteiger partial charge in [-0.05, 0) is 71.8 Å². The average Bonchev–Trinajstić information content (AvgIpc) is 3.92. The smallest absolute Gasteiger partial charge is 0.0641 e. The van der Waals surface area contributed by atoms with Gasteiger partial charge in [-0.1, -0.05) is 115 Å². The molecule has 0 radical (unpaired) electrons. The number of benzene rings is 8. The number of hydrogen-bond acceptors (Lipinski definition) is 0. The summed E-state index contributed by atoms with van der Waals surface area (Å²) in [6.07, 6.45) is 0. The Bertz CT molecular complexity index is 3360. The Balaban J connectivity index is 1.15. The Morgan fingerprint density at radius 2 is 0.804 bits per heavy atom. The van der Waals surface area contributed by atoms with E-state index in [1.54, 1.807) is 0 Å². The summed E-state index contributed by atoms with van der Waals surface area (Å²) < 4.78 is 7.36. The summed E-state index contributed by atoms with van der Waals surface area (Å²) in [7, 11) is 0. The minimum absolute atomic E-state index is 1.17. The van der Waals surface area contributed by atoms with Gasteiger partial charge in [0.25, 0.3) is 0 Å². The molecule has 0 bridgehead atoms. The van der Waals surface area contributed by atoms with E-state index in [0.29, 0.717) is 0 Å². The second-order valence-corrected chi connectivity index (χ2v) is 13.7. The molecule has 12 aromatic rings. The van der Waals surface area contributed by atoms with Crippen LogP contribution in [0.4, 0.5) is 0 Å². The van der Waals surface area contributed by atoms with Crippen molar-refractivity contribution in [1.29, 1.82) is 0 Å². The van der Waals surface area contributed by atoms with Gasteiger partial charge in [0.15, 0.2) is 0 Å². The molecule has 0 saturated carbocycles. The van der Waals surface area contributed by atoms with Gasteiger partial charge in [-0.2, -0.15) is 0 Å². The quantitative estimate of drug-likeness (QED) is 0.181. The fourth-order valence-electron chi connectivity index (χ4n) is 9.05. The molecule has 0 aliphatic rings. The van der Waals surface area contributed by atoms with Crippen molar-refractivity contribution in [2.24, 2.45) is 0 Å². The van der Waals surface area contributed by atoms with Crippen molar-refractivity contribution in [1.82, 2.24) is 13.5 Å². The van der Waals surface area contributed by atoms with Crippen LogP contribution < -0.4 is 0 Å². The third kappa shape index (κ3) is 3.52. The Kier molecular flexibility index (Phi) is 5.23.